The van der Waals surface area contributed by atoms with Crippen LogP contribution in [0.25, 0.3) is 21.9 Å². The fourth-order valence-corrected chi connectivity index (χ4v) is 6.23. The molecule has 0 radical (unpaired) electrons. The van der Waals surface area contributed by atoms with E-state index in [4.69, 9.17) is 0 Å². The minimum absolute atomic E-state index is 0.0649. The first-order valence-corrected chi connectivity index (χ1v) is 11.1. The molecule has 2 aromatic heterocycles. The van der Waals surface area contributed by atoms with Crippen molar-refractivity contribution in [3.05, 3.63) is 59.8 Å². The lowest BCUT2D eigenvalue weighted by atomic mass is 9.60. The van der Waals surface area contributed by atoms with Crippen LogP contribution in [0.4, 0.5) is 0 Å². The number of hydrogen-bond acceptors (Lipinski definition) is 4. The molecule has 1 aliphatic carbocycles. The number of benzene rings is 2. The lowest BCUT2D eigenvalue weighted by Gasteiger charge is -2.42. The number of aromatic amines is 2. The van der Waals surface area contributed by atoms with Crippen LogP contribution < -0.4 is 0 Å². The van der Waals surface area contributed by atoms with Crippen LogP contribution in [0.3, 0.4) is 0 Å². The van der Waals surface area contributed by atoms with E-state index in [0.717, 1.165) is 48.2 Å². The molecule has 3 fully saturated rings. The molecule has 7 rings (SSSR count). The van der Waals surface area contributed by atoms with Gasteiger partial charge in [-0.25, -0.2) is 0 Å². The highest BCUT2D eigenvalue weighted by molar-refractivity contribution is 5.99. The van der Waals surface area contributed by atoms with Gasteiger partial charge in [0.2, 0.25) is 0 Å². The maximum Gasteiger partial charge on any atom is 0.253 e. The van der Waals surface area contributed by atoms with E-state index in [-0.39, 0.29) is 11.8 Å². The summed E-state index contributed by atoms with van der Waals surface area (Å²) in [5, 5.41) is 11.8. The maximum absolute atomic E-state index is 13.1. The molecule has 3 aliphatic rings. The smallest absolute Gasteiger partial charge is 0.253 e. The van der Waals surface area contributed by atoms with Crippen molar-refractivity contribution in [2.45, 2.75) is 0 Å². The van der Waals surface area contributed by atoms with Gasteiger partial charge in [0.05, 0.1) is 0 Å². The van der Waals surface area contributed by atoms with Gasteiger partial charge in [0, 0.05) is 54.4 Å². The van der Waals surface area contributed by atoms with Crippen LogP contribution in [-0.2, 0) is 0 Å². The average molecular weight is 426 g/mol. The van der Waals surface area contributed by atoms with Crippen LogP contribution in [-0.4, -0.2) is 68.2 Å². The van der Waals surface area contributed by atoms with E-state index in [0.29, 0.717) is 34.8 Å². The number of rotatable bonds is 2. The van der Waals surface area contributed by atoms with E-state index >= 15 is 0 Å². The summed E-state index contributed by atoms with van der Waals surface area (Å²) < 4.78 is 0. The number of carbonyl (C=O) groups excluding carboxylic acids is 2. The van der Waals surface area contributed by atoms with Gasteiger partial charge in [0.1, 0.15) is 11.0 Å². The van der Waals surface area contributed by atoms with Gasteiger partial charge < -0.3 is 14.8 Å². The van der Waals surface area contributed by atoms with Crippen molar-refractivity contribution in [3.8, 4) is 0 Å². The highest BCUT2D eigenvalue weighted by Gasteiger charge is 2.59. The summed E-state index contributed by atoms with van der Waals surface area (Å²) in [6, 6.07) is 13.3. The van der Waals surface area contributed by atoms with Crippen molar-refractivity contribution in [1.82, 2.24) is 30.2 Å². The zero-order chi connectivity index (χ0) is 21.4. The number of likely N-dealkylation sites (tertiary alicyclic amines) is 2. The first-order chi connectivity index (χ1) is 15.7. The van der Waals surface area contributed by atoms with E-state index in [1.54, 1.807) is 0 Å². The van der Waals surface area contributed by atoms with Crippen molar-refractivity contribution in [2.75, 3.05) is 26.2 Å². The Bertz CT molecular complexity index is 1260. The van der Waals surface area contributed by atoms with Crippen LogP contribution in [0.2, 0.25) is 0 Å². The molecule has 4 aromatic rings. The average Bonchev–Trinajstić information content (AvgIpc) is 3.59. The molecule has 8 heteroatoms. The molecule has 160 valence electrons. The summed E-state index contributed by atoms with van der Waals surface area (Å²) in [5.41, 5.74) is 3.93. The third-order valence-electron chi connectivity index (χ3n) is 7.86. The molecular weight excluding hydrogens is 404 g/mol. The van der Waals surface area contributed by atoms with Crippen molar-refractivity contribution >= 4 is 33.8 Å². The molecule has 4 heterocycles. The third-order valence-corrected chi connectivity index (χ3v) is 7.86. The van der Waals surface area contributed by atoms with Crippen molar-refractivity contribution in [3.63, 3.8) is 0 Å². The number of fused-ring (bicyclic) bond motifs is 6. The molecule has 2 saturated heterocycles. The number of aromatic nitrogens is 4. The summed E-state index contributed by atoms with van der Waals surface area (Å²) in [7, 11) is 0. The molecule has 8 nitrogen and oxygen atoms in total. The monoisotopic (exact) mass is 426 g/mol. The predicted octanol–water partition coefficient (Wildman–Crippen LogP) is 2.53. The van der Waals surface area contributed by atoms with Gasteiger partial charge in [-0.15, -0.1) is 0 Å². The molecule has 2 amide bonds. The Morgan fingerprint density at radius 2 is 1.34 bits per heavy atom. The second-order valence-corrected chi connectivity index (χ2v) is 9.38. The van der Waals surface area contributed by atoms with E-state index in [1.165, 1.54) is 0 Å². The molecule has 2 aliphatic heterocycles. The second kappa shape index (κ2) is 6.41. The zero-order valence-corrected chi connectivity index (χ0v) is 17.4. The van der Waals surface area contributed by atoms with Crippen LogP contribution in [0.5, 0.6) is 0 Å². The molecule has 2 N–H and O–H groups in total. The van der Waals surface area contributed by atoms with Crippen molar-refractivity contribution in [1.29, 1.82) is 0 Å². The predicted molar refractivity (Wildman–Crippen MR) is 118 cm³/mol. The number of amides is 2. The van der Waals surface area contributed by atoms with Gasteiger partial charge in [0.15, 0.2) is 0 Å². The van der Waals surface area contributed by atoms with E-state index < -0.39 is 0 Å². The Morgan fingerprint density at radius 3 is 2.03 bits per heavy atom. The standard InChI is InChI=1S/C24H22N6O2/c31-23(14-1-3-20-13(7-14)5-6-25-20)29-9-16-17(10-29)19-12-30(11-18(16)19)24(32)15-2-4-21-22(8-15)27-28-26-21/h1-8,16-19,25H,9-12H2,(H,26,27,28)/t16-,17+,18+,19-. The lowest BCUT2D eigenvalue weighted by molar-refractivity contribution is 0.0629. The van der Waals surface area contributed by atoms with Gasteiger partial charge in [-0.3, -0.25) is 9.59 Å². The Balaban J connectivity index is 1.05. The molecule has 2 aromatic carbocycles. The van der Waals surface area contributed by atoms with Gasteiger partial charge in [-0.05, 0) is 66.1 Å². The zero-order valence-electron chi connectivity index (χ0n) is 17.4. The number of hydrogen-bond donors (Lipinski definition) is 2. The van der Waals surface area contributed by atoms with Crippen molar-refractivity contribution in [2.24, 2.45) is 23.7 Å². The highest BCUT2D eigenvalue weighted by Crippen LogP contribution is 2.54. The van der Waals surface area contributed by atoms with Gasteiger partial charge in [0.25, 0.3) is 11.8 Å². The topological polar surface area (TPSA) is 98.0 Å². The Hall–Kier alpha value is -3.68. The van der Waals surface area contributed by atoms with Gasteiger partial charge in [-0.2, -0.15) is 15.4 Å². The quantitative estimate of drug-likeness (QED) is 0.515. The first kappa shape index (κ1) is 17.9. The highest BCUT2D eigenvalue weighted by atomic mass is 16.2. The molecule has 0 spiro atoms. The maximum atomic E-state index is 13.1. The van der Waals surface area contributed by atoms with Crippen LogP contribution in [0.15, 0.2) is 48.7 Å². The van der Waals surface area contributed by atoms with Crippen LogP contribution in [0.1, 0.15) is 20.7 Å². The second-order valence-electron chi connectivity index (χ2n) is 9.38. The van der Waals surface area contributed by atoms with Gasteiger partial charge >= 0.3 is 0 Å². The fraction of sp³-hybridized carbons (Fsp3) is 0.333. The minimum Gasteiger partial charge on any atom is -0.361 e. The Morgan fingerprint density at radius 1 is 0.750 bits per heavy atom. The summed E-state index contributed by atoms with van der Waals surface area (Å²) in [4.78, 5) is 33.4. The fourth-order valence-electron chi connectivity index (χ4n) is 6.23. The molecule has 0 bridgehead atoms. The first-order valence-electron chi connectivity index (χ1n) is 11.1. The molecule has 1 saturated carbocycles. The summed E-state index contributed by atoms with van der Waals surface area (Å²) >= 11 is 0. The normalized spacial score (nSPS) is 26.4. The summed E-state index contributed by atoms with van der Waals surface area (Å²) in [6.07, 6.45) is 1.90. The number of H-pyrrole nitrogens is 2. The molecule has 4 atom stereocenters. The van der Waals surface area contributed by atoms with Crippen molar-refractivity contribution < 1.29 is 9.59 Å². The summed E-state index contributed by atoms with van der Waals surface area (Å²) in [6.45, 7) is 3.14. The van der Waals surface area contributed by atoms with Crippen LogP contribution in [0, 0.1) is 23.7 Å². The number of nitrogens with one attached hydrogen (secondary N) is 2. The van der Waals surface area contributed by atoms with Gasteiger partial charge in [-0.1, -0.05) is 0 Å². The lowest BCUT2D eigenvalue weighted by Crippen LogP contribution is -2.44. The molecule has 0 unspecified atom stereocenters. The van der Waals surface area contributed by atoms with E-state index in [2.05, 4.69) is 20.4 Å². The molecular formula is C24H22N6O2. The Kier molecular flexibility index (Phi) is 3.60. The van der Waals surface area contributed by atoms with E-state index in [9.17, 15) is 9.59 Å². The number of nitrogens with zero attached hydrogens (tertiary/aromatic N) is 4. The largest absolute Gasteiger partial charge is 0.361 e. The minimum atomic E-state index is 0.0649. The number of carbonyl (C=O) groups is 2. The van der Waals surface area contributed by atoms with E-state index in [1.807, 2.05) is 58.5 Å². The third kappa shape index (κ3) is 2.49. The SMILES string of the molecule is O=C(c1ccc2[nH]ccc2c1)N1C[C@@H]2[C@H](C1)[C@H]1CN(C(=O)c3ccc4n[nH]nc4c3)C[C@@H]21. The summed E-state index contributed by atoms with van der Waals surface area (Å²) in [5.74, 6) is 2.16. The Labute approximate surface area is 183 Å². The van der Waals surface area contributed by atoms with Crippen LogP contribution >= 0.6 is 0 Å². The molecule has 32 heavy (non-hydrogen) atoms.